The van der Waals surface area contributed by atoms with E-state index in [9.17, 15) is 14.4 Å². The van der Waals surface area contributed by atoms with Crippen LogP contribution in [0.2, 0.25) is 0 Å². The fourth-order valence-electron chi connectivity index (χ4n) is 4.25. The van der Waals surface area contributed by atoms with E-state index in [0.717, 1.165) is 35.4 Å². The van der Waals surface area contributed by atoms with Crippen LogP contribution >= 0.6 is 11.3 Å². The van der Waals surface area contributed by atoms with Crippen LogP contribution in [0.4, 0.5) is 10.7 Å². The van der Waals surface area contributed by atoms with Crippen molar-refractivity contribution in [1.82, 2.24) is 5.32 Å². The second-order valence-corrected chi connectivity index (χ2v) is 9.27. The number of thiophene rings is 1. The highest BCUT2D eigenvalue weighted by Gasteiger charge is 2.32. The van der Waals surface area contributed by atoms with Gasteiger partial charge in [-0.15, -0.1) is 11.3 Å². The molecule has 170 valence electrons. The Balaban J connectivity index is 1.56. The molecule has 0 fully saturated rings. The lowest BCUT2D eigenvalue weighted by atomic mass is 9.88. The molecule has 1 aliphatic carbocycles. The average molecular weight is 458 g/mol. The zero-order valence-electron chi connectivity index (χ0n) is 18.4. The molecule has 8 nitrogen and oxygen atoms in total. The van der Waals surface area contributed by atoms with Gasteiger partial charge < -0.3 is 25.0 Å². The summed E-state index contributed by atoms with van der Waals surface area (Å²) in [5.41, 5.74) is 2.21. The highest BCUT2D eigenvalue weighted by molar-refractivity contribution is 7.17. The monoisotopic (exact) mass is 457 g/mol. The molecule has 1 aromatic heterocycles. The number of carbonyl (C=O) groups is 3. The first kappa shape index (κ1) is 22.1. The van der Waals surface area contributed by atoms with E-state index in [4.69, 9.17) is 9.47 Å². The lowest BCUT2D eigenvalue weighted by Gasteiger charge is -2.34. The maximum atomic E-state index is 13.0. The third-order valence-corrected chi connectivity index (χ3v) is 7.06. The van der Waals surface area contributed by atoms with E-state index < -0.39 is 12.1 Å². The number of rotatable bonds is 5. The number of amides is 2. The van der Waals surface area contributed by atoms with Crippen LogP contribution in [-0.4, -0.2) is 51.1 Å². The van der Waals surface area contributed by atoms with Crippen molar-refractivity contribution in [2.45, 2.75) is 32.3 Å². The highest BCUT2D eigenvalue weighted by atomic mass is 32.1. The Labute approximate surface area is 190 Å². The quantitative estimate of drug-likeness (QED) is 0.670. The zero-order chi connectivity index (χ0) is 22.8. The first-order valence-electron chi connectivity index (χ1n) is 10.7. The predicted molar refractivity (Wildman–Crippen MR) is 123 cm³/mol. The number of methoxy groups -OCH3 is 1. The van der Waals surface area contributed by atoms with Crippen LogP contribution in [0.5, 0.6) is 5.75 Å². The summed E-state index contributed by atoms with van der Waals surface area (Å²) in [5, 5.41) is 6.06. The number of hydrogen-bond acceptors (Lipinski definition) is 7. The number of hydrogen-bond donors (Lipinski definition) is 2. The van der Waals surface area contributed by atoms with Crippen molar-refractivity contribution in [2.24, 2.45) is 5.92 Å². The second-order valence-electron chi connectivity index (χ2n) is 8.16. The average Bonchev–Trinajstić information content (AvgIpc) is 3.14. The number of ether oxygens (including phenoxy) is 2. The molecule has 0 spiro atoms. The highest BCUT2D eigenvalue weighted by Crippen LogP contribution is 2.40. The lowest BCUT2D eigenvalue weighted by molar-refractivity contribution is -0.127. The van der Waals surface area contributed by atoms with Crippen molar-refractivity contribution in [3.05, 3.63) is 40.3 Å². The van der Waals surface area contributed by atoms with Gasteiger partial charge >= 0.3 is 5.97 Å². The van der Waals surface area contributed by atoms with E-state index >= 15 is 0 Å². The van der Waals surface area contributed by atoms with Crippen LogP contribution < -0.4 is 20.3 Å². The third kappa shape index (κ3) is 4.29. The molecule has 2 heterocycles. The third-order valence-electron chi connectivity index (χ3n) is 5.89. The van der Waals surface area contributed by atoms with E-state index in [0.29, 0.717) is 22.2 Å². The number of nitrogens with zero attached hydrogens (tertiary/aromatic N) is 1. The molecule has 2 amide bonds. The van der Waals surface area contributed by atoms with Gasteiger partial charge in [0.1, 0.15) is 10.8 Å². The Hall–Kier alpha value is -3.07. The fraction of sp³-hybridized carbons (Fsp3) is 0.435. The molecule has 2 atom stereocenters. The van der Waals surface area contributed by atoms with Crippen LogP contribution in [0.3, 0.4) is 0 Å². The Morgan fingerprint density at radius 2 is 2.06 bits per heavy atom. The molecule has 0 radical (unpaired) electrons. The van der Waals surface area contributed by atoms with Crippen molar-refractivity contribution in [1.29, 1.82) is 0 Å². The topological polar surface area (TPSA) is 97.0 Å². The van der Waals surface area contributed by atoms with E-state index in [1.807, 2.05) is 23.1 Å². The summed E-state index contributed by atoms with van der Waals surface area (Å²) in [6.45, 7) is 2.46. The number of anilines is 2. The molecule has 0 saturated heterocycles. The number of carbonyl (C=O) groups excluding carboxylic acids is 3. The maximum absolute atomic E-state index is 13.0. The standard InChI is InChI=1S/C23H27N3O5S/c1-13-8-9-14-18(10-13)32-22(20(14)23(29)30-3)25-19(27)12-26-11-17(21(28)24-2)31-16-7-5-4-6-15(16)26/h4-7,13,17H,8-12H2,1-3H3,(H,24,28)(H,25,27). The van der Waals surface area contributed by atoms with Crippen LogP contribution in [0.15, 0.2) is 24.3 Å². The molecule has 2 aliphatic rings. The largest absolute Gasteiger partial charge is 0.477 e. The molecule has 2 N–H and O–H groups in total. The molecule has 4 rings (SSSR count). The number of esters is 1. The van der Waals surface area contributed by atoms with Gasteiger partial charge in [0.25, 0.3) is 5.91 Å². The summed E-state index contributed by atoms with van der Waals surface area (Å²) in [5.74, 6) is 0.147. The normalized spacial score (nSPS) is 19.3. The Morgan fingerprint density at radius 3 is 2.81 bits per heavy atom. The van der Waals surface area contributed by atoms with Gasteiger partial charge in [-0.05, 0) is 42.9 Å². The Morgan fingerprint density at radius 1 is 1.28 bits per heavy atom. The van der Waals surface area contributed by atoms with Crippen molar-refractivity contribution in [3.8, 4) is 5.75 Å². The van der Waals surface area contributed by atoms with Gasteiger partial charge in [0.05, 0.1) is 31.5 Å². The summed E-state index contributed by atoms with van der Waals surface area (Å²) < 4.78 is 10.8. The van der Waals surface area contributed by atoms with Crippen molar-refractivity contribution in [2.75, 3.05) is 37.5 Å². The summed E-state index contributed by atoms with van der Waals surface area (Å²) in [6, 6.07) is 7.31. The molecular formula is C23H27N3O5S. The molecule has 32 heavy (non-hydrogen) atoms. The second kappa shape index (κ2) is 9.20. The Bertz CT molecular complexity index is 1050. The number of nitrogens with one attached hydrogen (secondary N) is 2. The minimum atomic E-state index is -0.719. The van der Waals surface area contributed by atoms with Crippen LogP contribution in [0, 0.1) is 5.92 Å². The summed E-state index contributed by atoms with van der Waals surface area (Å²) in [4.78, 5) is 40.7. The van der Waals surface area contributed by atoms with Gasteiger partial charge in [0.15, 0.2) is 6.10 Å². The number of fused-ring (bicyclic) bond motifs is 2. The van der Waals surface area contributed by atoms with Crippen molar-refractivity contribution in [3.63, 3.8) is 0 Å². The zero-order valence-corrected chi connectivity index (χ0v) is 19.2. The molecule has 2 aromatic rings. The van der Waals surface area contributed by atoms with E-state index in [-0.39, 0.29) is 24.9 Å². The van der Waals surface area contributed by atoms with E-state index in [1.165, 1.54) is 18.4 Å². The van der Waals surface area contributed by atoms with Crippen molar-refractivity contribution < 1.29 is 23.9 Å². The summed E-state index contributed by atoms with van der Waals surface area (Å²) in [7, 11) is 2.91. The first-order chi connectivity index (χ1) is 15.4. The van der Waals surface area contributed by atoms with Crippen LogP contribution in [0.1, 0.15) is 34.1 Å². The minimum Gasteiger partial charge on any atom is -0.477 e. The number of para-hydroxylation sites is 2. The van der Waals surface area contributed by atoms with Crippen LogP contribution in [0.25, 0.3) is 0 Å². The fourth-order valence-corrected chi connectivity index (χ4v) is 5.67. The number of likely N-dealkylation sites (N-methyl/N-ethyl adjacent to an activating group) is 1. The van der Waals surface area contributed by atoms with Gasteiger partial charge in [-0.25, -0.2) is 4.79 Å². The predicted octanol–water partition coefficient (Wildman–Crippen LogP) is 2.61. The van der Waals surface area contributed by atoms with Gasteiger partial charge in [0.2, 0.25) is 5.91 Å². The Kier molecular flexibility index (Phi) is 6.36. The first-order valence-corrected chi connectivity index (χ1v) is 11.5. The molecule has 1 aliphatic heterocycles. The SMILES string of the molecule is CNC(=O)C1CN(CC(=O)Nc2sc3c(c2C(=O)OC)CCC(C)C3)c2ccccc2O1. The number of benzene rings is 1. The van der Waals surface area contributed by atoms with E-state index in [1.54, 1.807) is 13.1 Å². The molecule has 0 saturated carbocycles. The molecule has 9 heteroatoms. The van der Waals surface area contributed by atoms with Crippen LogP contribution in [-0.2, 0) is 27.2 Å². The van der Waals surface area contributed by atoms with Gasteiger partial charge in [-0.2, -0.15) is 0 Å². The maximum Gasteiger partial charge on any atom is 0.341 e. The van der Waals surface area contributed by atoms with Gasteiger partial charge in [-0.1, -0.05) is 19.1 Å². The smallest absolute Gasteiger partial charge is 0.341 e. The molecule has 0 bridgehead atoms. The summed E-state index contributed by atoms with van der Waals surface area (Å²) >= 11 is 1.45. The minimum absolute atomic E-state index is 0.0213. The van der Waals surface area contributed by atoms with E-state index in [2.05, 4.69) is 17.6 Å². The lowest BCUT2D eigenvalue weighted by Crippen LogP contribution is -2.50. The molecule has 1 aromatic carbocycles. The summed E-state index contributed by atoms with van der Waals surface area (Å²) in [6.07, 6.45) is 1.98. The van der Waals surface area contributed by atoms with Gasteiger partial charge in [-0.3, -0.25) is 9.59 Å². The van der Waals surface area contributed by atoms with Crippen molar-refractivity contribution >= 4 is 39.8 Å². The van der Waals surface area contributed by atoms with Gasteiger partial charge in [0, 0.05) is 11.9 Å². The molecular weight excluding hydrogens is 430 g/mol. The molecule has 2 unspecified atom stereocenters.